The highest BCUT2D eigenvalue weighted by molar-refractivity contribution is 7.91. The maximum atomic E-state index is 12.5. The second-order valence-corrected chi connectivity index (χ2v) is 10.3. The quantitative estimate of drug-likeness (QED) is 0.724. The van der Waals surface area contributed by atoms with Crippen LogP contribution in [0, 0.1) is 0 Å². The Bertz CT molecular complexity index is 828. The van der Waals surface area contributed by atoms with E-state index < -0.39 is 19.9 Å². The standard InChI is InChI=1S/C16H24N2O5S2/c1-4-18(5-2)25(22,23)15-8-6-13(7-9-15)16(19)17(3)14-10-11-24(20,21)12-14/h6-9,14H,4-5,10-12H2,1-3H3. The van der Waals surface area contributed by atoms with Crippen molar-refractivity contribution >= 4 is 25.8 Å². The Morgan fingerprint density at radius 2 is 1.72 bits per heavy atom. The second-order valence-electron chi connectivity index (χ2n) is 6.09. The molecule has 25 heavy (non-hydrogen) atoms. The number of rotatable bonds is 6. The second kappa shape index (κ2) is 7.43. The van der Waals surface area contributed by atoms with Gasteiger partial charge in [-0.2, -0.15) is 4.31 Å². The topological polar surface area (TPSA) is 91.8 Å². The summed E-state index contributed by atoms with van der Waals surface area (Å²) < 4.78 is 49.4. The molecule has 1 aromatic rings. The molecule has 0 aromatic heterocycles. The van der Waals surface area contributed by atoms with Gasteiger partial charge in [-0.05, 0) is 30.7 Å². The average Bonchev–Trinajstić information content (AvgIpc) is 2.94. The molecule has 0 bridgehead atoms. The van der Waals surface area contributed by atoms with Gasteiger partial charge < -0.3 is 4.90 Å². The normalized spacial score (nSPS) is 19.9. The third-order valence-electron chi connectivity index (χ3n) is 4.52. The molecule has 1 amide bonds. The molecule has 0 aliphatic carbocycles. The smallest absolute Gasteiger partial charge is 0.253 e. The fourth-order valence-corrected chi connectivity index (χ4v) is 6.16. The average molecular weight is 389 g/mol. The molecule has 1 unspecified atom stereocenters. The predicted molar refractivity (Wildman–Crippen MR) is 95.7 cm³/mol. The fourth-order valence-electron chi connectivity index (χ4n) is 2.93. The van der Waals surface area contributed by atoms with Crippen LogP contribution >= 0.6 is 0 Å². The number of carbonyl (C=O) groups excluding carboxylic acids is 1. The number of sulfonamides is 1. The number of carbonyl (C=O) groups is 1. The van der Waals surface area contributed by atoms with Gasteiger partial charge in [-0.3, -0.25) is 4.79 Å². The lowest BCUT2D eigenvalue weighted by atomic mass is 10.1. The van der Waals surface area contributed by atoms with Crippen LogP contribution in [0.3, 0.4) is 0 Å². The van der Waals surface area contributed by atoms with E-state index in [0.717, 1.165) is 0 Å². The molecule has 1 heterocycles. The fraction of sp³-hybridized carbons (Fsp3) is 0.562. The molecule has 140 valence electrons. The number of benzene rings is 1. The summed E-state index contributed by atoms with van der Waals surface area (Å²) >= 11 is 0. The number of sulfone groups is 1. The first kappa shape index (κ1) is 19.9. The first-order valence-corrected chi connectivity index (χ1v) is 11.5. The van der Waals surface area contributed by atoms with Crippen LogP contribution in [0.1, 0.15) is 30.6 Å². The third kappa shape index (κ3) is 4.21. The molecular weight excluding hydrogens is 364 g/mol. The van der Waals surface area contributed by atoms with Gasteiger partial charge in [0.05, 0.1) is 16.4 Å². The Hall–Kier alpha value is -1.45. The summed E-state index contributed by atoms with van der Waals surface area (Å²) in [5, 5.41) is 0. The molecule has 7 nitrogen and oxygen atoms in total. The summed E-state index contributed by atoms with van der Waals surface area (Å²) in [5.74, 6) is -0.242. The molecule has 1 aliphatic heterocycles. The molecule has 0 spiro atoms. The number of hydrogen-bond acceptors (Lipinski definition) is 5. The lowest BCUT2D eigenvalue weighted by Crippen LogP contribution is -2.37. The minimum Gasteiger partial charge on any atom is -0.338 e. The molecule has 1 fully saturated rings. The van der Waals surface area contributed by atoms with Gasteiger partial charge in [-0.1, -0.05) is 13.8 Å². The molecule has 1 atom stereocenters. The Balaban J connectivity index is 2.18. The van der Waals surface area contributed by atoms with Crippen molar-refractivity contribution in [3.05, 3.63) is 29.8 Å². The SMILES string of the molecule is CCN(CC)S(=O)(=O)c1ccc(C(=O)N(C)C2CCS(=O)(=O)C2)cc1. The zero-order chi connectivity index (χ0) is 18.8. The summed E-state index contributed by atoms with van der Waals surface area (Å²) in [6.45, 7) is 4.28. The highest BCUT2D eigenvalue weighted by Gasteiger charge is 2.33. The Labute approximate surface area is 149 Å². The van der Waals surface area contributed by atoms with E-state index in [1.807, 2.05) is 0 Å². The summed E-state index contributed by atoms with van der Waals surface area (Å²) in [7, 11) is -5.06. The van der Waals surface area contributed by atoms with Gasteiger partial charge in [-0.15, -0.1) is 0 Å². The molecule has 1 aliphatic rings. The van der Waals surface area contributed by atoms with E-state index >= 15 is 0 Å². The van der Waals surface area contributed by atoms with Crippen LogP contribution in [0.4, 0.5) is 0 Å². The molecule has 2 rings (SSSR count). The zero-order valence-corrected chi connectivity index (χ0v) is 16.3. The van der Waals surface area contributed by atoms with Crippen LogP contribution in [-0.4, -0.2) is 69.6 Å². The zero-order valence-electron chi connectivity index (χ0n) is 14.7. The van der Waals surface area contributed by atoms with Crippen molar-refractivity contribution in [1.82, 2.24) is 9.21 Å². The van der Waals surface area contributed by atoms with Crippen molar-refractivity contribution in [1.29, 1.82) is 0 Å². The van der Waals surface area contributed by atoms with E-state index in [2.05, 4.69) is 0 Å². The van der Waals surface area contributed by atoms with Crippen molar-refractivity contribution in [2.45, 2.75) is 31.2 Å². The van der Waals surface area contributed by atoms with E-state index in [4.69, 9.17) is 0 Å². The summed E-state index contributed by atoms with van der Waals surface area (Å²) in [6.07, 6.45) is 0.430. The van der Waals surface area contributed by atoms with E-state index in [9.17, 15) is 21.6 Å². The molecule has 9 heteroatoms. The van der Waals surface area contributed by atoms with Crippen molar-refractivity contribution in [2.24, 2.45) is 0 Å². The maximum Gasteiger partial charge on any atom is 0.253 e. The third-order valence-corrected chi connectivity index (χ3v) is 8.34. The molecule has 0 saturated carbocycles. The maximum absolute atomic E-state index is 12.5. The van der Waals surface area contributed by atoms with Crippen LogP contribution in [0.15, 0.2) is 29.2 Å². The van der Waals surface area contributed by atoms with E-state index in [1.54, 1.807) is 20.9 Å². The van der Waals surface area contributed by atoms with Crippen molar-refractivity contribution in [2.75, 3.05) is 31.6 Å². The minimum absolute atomic E-state index is 0.0241. The van der Waals surface area contributed by atoms with Gasteiger partial charge in [0, 0.05) is 31.7 Å². The van der Waals surface area contributed by atoms with E-state index in [-0.39, 0.29) is 28.4 Å². The van der Waals surface area contributed by atoms with E-state index in [0.29, 0.717) is 25.1 Å². The summed E-state index contributed by atoms with van der Waals surface area (Å²) in [6, 6.07) is 5.44. The van der Waals surface area contributed by atoms with Crippen LogP contribution in [0.5, 0.6) is 0 Å². The Kier molecular flexibility index (Phi) is 5.90. The predicted octanol–water partition coefficient (Wildman–Crippen LogP) is 0.976. The highest BCUT2D eigenvalue weighted by Crippen LogP contribution is 2.20. The lowest BCUT2D eigenvalue weighted by Gasteiger charge is -2.23. The van der Waals surface area contributed by atoms with Crippen molar-refractivity contribution in [3.8, 4) is 0 Å². The molecular formula is C16H24N2O5S2. The molecule has 0 N–H and O–H groups in total. The number of hydrogen-bond donors (Lipinski definition) is 0. The Morgan fingerprint density at radius 1 is 1.16 bits per heavy atom. The van der Waals surface area contributed by atoms with Gasteiger partial charge in [0.1, 0.15) is 0 Å². The molecule has 1 aromatic carbocycles. The van der Waals surface area contributed by atoms with Gasteiger partial charge in [0.15, 0.2) is 9.84 Å². The van der Waals surface area contributed by atoms with Crippen LogP contribution in [0.25, 0.3) is 0 Å². The largest absolute Gasteiger partial charge is 0.338 e. The lowest BCUT2D eigenvalue weighted by molar-refractivity contribution is 0.0747. The number of nitrogens with zero attached hydrogens (tertiary/aromatic N) is 2. The summed E-state index contributed by atoms with van der Waals surface area (Å²) in [5.41, 5.74) is 0.338. The Morgan fingerprint density at radius 3 is 2.16 bits per heavy atom. The van der Waals surface area contributed by atoms with Crippen LogP contribution in [0.2, 0.25) is 0 Å². The van der Waals surface area contributed by atoms with Gasteiger partial charge >= 0.3 is 0 Å². The van der Waals surface area contributed by atoms with Crippen LogP contribution in [-0.2, 0) is 19.9 Å². The monoisotopic (exact) mass is 388 g/mol. The van der Waals surface area contributed by atoms with E-state index in [1.165, 1.54) is 33.5 Å². The number of amides is 1. The van der Waals surface area contributed by atoms with Gasteiger partial charge in [0.25, 0.3) is 5.91 Å². The van der Waals surface area contributed by atoms with Crippen molar-refractivity contribution < 1.29 is 21.6 Å². The van der Waals surface area contributed by atoms with Crippen LogP contribution < -0.4 is 0 Å². The van der Waals surface area contributed by atoms with Gasteiger partial charge in [-0.25, -0.2) is 16.8 Å². The summed E-state index contributed by atoms with van der Waals surface area (Å²) in [4.78, 5) is 14.1. The highest BCUT2D eigenvalue weighted by atomic mass is 32.2. The first-order chi connectivity index (χ1) is 11.6. The van der Waals surface area contributed by atoms with Crippen molar-refractivity contribution in [3.63, 3.8) is 0 Å². The molecule has 0 radical (unpaired) electrons. The first-order valence-electron chi connectivity index (χ1n) is 8.20. The van der Waals surface area contributed by atoms with Gasteiger partial charge in [0.2, 0.25) is 10.0 Å². The molecule has 1 saturated heterocycles. The minimum atomic E-state index is -3.57.